The number of phenolic OH excluding ortho intramolecular Hbond substituents is 1. The smallest absolute Gasteiger partial charge is 0.266 e. The van der Waals surface area contributed by atoms with Gasteiger partial charge >= 0.3 is 0 Å². The number of thiocarbonyl (C=S) groups is 1. The summed E-state index contributed by atoms with van der Waals surface area (Å²) in [6.45, 7) is 0. The molecule has 122 valence electrons. The molecule has 4 nitrogen and oxygen atoms in total. The molecule has 1 heterocycles. The van der Waals surface area contributed by atoms with Crippen LogP contribution in [0.25, 0.3) is 6.08 Å². The fourth-order valence-corrected chi connectivity index (χ4v) is 4.49. The summed E-state index contributed by atoms with van der Waals surface area (Å²) >= 11 is 6.72. The van der Waals surface area contributed by atoms with Gasteiger partial charge < -0.3 is 9.84 Å². The van der Waals surface area contributed by atoms with E-state index in [1.807, 2.05) is 0 Å². The minimum absolute atomic E-state index is 0.0398. The zero-order valence-corrected chi connectivity index (χ0v) is 14.6. The maximum absolute atomic E-state index is 12.7. The van der Waals surface area contributed by atoms with Gasteiger partial charge in [-0.3, -0.25) is 9.69 Å². The van der Waals surface area contributed by atoms with Gasteiger partial charge in [-0.1, -0.05) is 55.4 Å². The molecule has 2 fully saturated rings. The number of rotatable bonds is 3. The highest BCUT2D eigenvalue weighted by Crippen LogP contribution is 2.39. The molecule has 0 radical (unpaired) electrons. The summed E-state index contributed by atoms with van der Waals surface area (Å²) in [7, 11) is 1.50. The van der Waals surface area contributed by atoms with E-state index in [0.29, 0.717) is 20.5 Å². The van der Waals surface area contributed by atoms with Crippen molar-refractivity contribution in [1.29, 1.82) is 0 Å². The predicted octanol–water partition coefficient (Wildman–Crippen LogP) is 3.93. The number of nitrogens with zero attached hydrogens (tertiary/aromatic N) is 1. The summed E-state index contributed by atoms with van der Waals surface area (Å²) < 4.78 is 5.73. The van der Waals surface area contributed by atoms with Crippen LogP contribution in [0.5, 0.6) is 11.5 Å². The lowest BCUT2D eigenvalue weighted by Gasteiger charge is -2.29. The van der Waals surface area contributed by atoms with E-state index in [1.165, 1.54) is 25.3 Å². The Hall–Kier alpha value is -1.53. The molecule has 1 saturated carbocycles. The third-order valence-corrected chi connectivity index (χ3v) is 5.63. The zero-order valence-electron chi connectivity index (χ0n) is 12.9. The monoisotopic (exact) mass is 349 g/mol. The Morgan fingerprint density at radius 3 is 2.78 bits per heavy atom. The minimum Gasteiger partial charge on any atom is -0.504 e. The van der Waals surface area contributed by atoms with E-state index in [9.17, 15) is 9.90 Å². The second kappa shape index (κ2) is 6.93. The molecule has 2 aliphatic rings. The van der Waals surface area contributed by atoms with E-state index < -0.39 is 0 Å². The van der Waals surface area contributed by atoms with Crippen molar-refractivity contribution in [1.82, 2.24) is 4.90 Å². The Labute approximate surface area is 145 Å². The Morgan fingerprint density at radius 1 is 1.35 bits per heavy atom. The molecule has 1 aliphatic heterocycles. The van der Waals surface area contributed by atoms with Crippen LogP contribution in [0, 0.1) is 0 Å². The Bertz CT molecular complexity index is 666. The number of amides is 1. The molecule has 0 atom stereocenters. The molecule has 0 spiro atoms. The second-order valence-corrected chi connectivity index (χ2v) is 7.42. The first-order chi connectivity index (χ1) is 11.1. The number of phenols is 1. The van der Waals surface area contributed by atoms with E-state index in [4.69, 9.17) is 17.0 Å². The molecule has 0 unspecified atom stereocenters. The number of methoxy groups -OCH3 is 1. The van der Waals surface area contributed by atoms with E-state index in [2.05, 4.69) is 0 Å². The van der Waals surface area contributed by atoms with Crippen LogP contribution in [0.4, 0.5) is 0 Å². The molecular weight excluding hydrogens is 330 g/mol. The first-order valence-electron chi connectivity index (χ1n) is 7.75. The quantitative estimate of drug-likeness (QED) is 0.662. The first-order valence-corrected chi connectivity index (χ1v) is 8.97. The lowest BCUT2D eigenvalue weighted by atomic mass is 9.94. The van der Waals surface area contributed by atoms with E-state index in [-0.39, 0.29) is 17.7 Å². The lowest BCUT2D eigenvalue weighted by molar-refractivity contribution is -0.124. The van der Waals surface area contributed by atoms with E-state index >= 15 is 0 Å². The van der Waals surface area contributed by atoms with Crippen molar-refractivity contribution in [3.63, 3.8) is 0 Å². The molecule has 3 rings (SSSR count). The fraction of sp³-hybridized carbons (Fsp3) is 0.412. The maximum Gasteiger partial charge on any atom is 0.266 e. The zero-order chi connectivity index (χ0) is 16.4. The van der Waals surface area contributed by atoms with Crippen LogP contribution >= 0.6 is 24.0 Å². The topological polar surface area (TPSA) is 49.8 Å². The lowest BCUT2D eigenvalue weighted by Crippen LogP contribution is -2.39. The molecular formula is C17H19NO3S2. The van der Waals surface area contributed by atoms with Crippen LogP contribution in [0.15, 0.2) is 23.1 Å². The summed E-state index contributed by atoms with van der Waals surface area (Å²) in [5.74, 6) is 0.383. The number of carbonyl (C=O) groups excluding carboxylic acids is 1. The predicted molar refractivity (Wildman–Crippen MR) is 96.5 cm³/mol. The standard InChI is InChI=1S/C17H19NO3S2/c1-21-13-9-5-6-11(15(13)19)10-14-16(20)18(17(22)23-14)12-7-3-2-4-8-12/h5-6,9-10,12,19H,2-4,7-8H2,1H3. The number of carbonyl (C=O) groups is 1. The number of hydrogen-bond donors (Lipinski definition) is 1. The summed E-state index contributed by atoms with van der Waals surface area (Å²) in [6.07, 6.45) is 7.27. The molecule has 1 saturated heterocycles. The summed E-state index contributed by atoms with van der Waals surface area (Å²) in [4.78, 5) is 15.0. The molecule has 1 N–H and O–H groups in total. The maximum atomic E-state index is 12.7. The third-order valence-electron chi connectivity index (χ3n) is 4.30. The molecule has 1 aromatic carbocycles. The van der Waals surface area contributed by atoms with Crippen LogP contribution in [-0.2, 0) is 4.79 Å². The van der Waals surface area contributed by atoms with Gasteiger partial charge in [0.05, 0.1) is 12.0 Å². The second-order valence-electron chi connectivity index (χ2n) is 5.74. The van der Waals surface area contributed by atoms with Gasteiger partial charge in [0, 0.05) is 11.6 Å². The molecule has 23 heavy (non-hydrogen) atoms. The van der Waals surface area contributed by atoms with Gasteiger partial charge in [-0.15, -0.1) is 0 Å². The van der Waals surface area contributed by atoms with Crippen molar-refractivity contribution in [2.24, 2.45) is 0 Å². The van der Waals surface area contributed by atoms with Gasteiger partial charge in [0.1, 0.15) is 4.32 Å². The number of para-hydroxylation sites is 1. The summed E-state index contributed by atoms with van der Waals surface area (Å²) in [6, 6.07) is 5.44. The Balaban J connectivity index is 1.87. The largest absolute Gasteiger partial charge is 0.504 e. The van der Waals surface area contributed by atoms with Crippen LogP contribution in [-0.4, -0.2) is 33.4 Å². The van der Waals surface area contributed by atoms with Crippen molar-refractivity contribution in [2.75, 3.05) is 7.11 Å². The van der Waals surface area contributed by atoms with Crippen LogP contribution in [0.2, 0.25) is 0 Å². The van der Waals surface area contributed by atoms with Gasteiger partial charge in [0.2, 0.25) is 0 Å². The highest BCUT2D eigenvalue weighted by molar-refractivity contribution is 8.26. The van der Waals surface area contributed by atoms with Crippen molar-refractivity contribution < 1.29 is 14.6 Å². The number of aromatic hydroxyl groups is 1. The van der Waals surface area contributed by atoms with Crippen molar-refractivity contribution in [3.8, 4) is 11.5 Å². The highest BCUT2D eigenvalue weighted by Gasteiger charge is 2.37. The van der Waals surface area contributed by atoms with Gasteiger partial charge in [0.15, 0.2) is 11.5 Å². The van der Waals surface area contributed by atoms with Crippen molar-refractivity contribution >= 4 is 40.3 Å². The van der Waals surface area contributed by atoms with Crippen LogP contribution in [0.3, 0.4) is 0 Å². The normalized spacial score (nSPS) is 21.3. The van der Waals surface area contributed by atoms with Crippen LogP contribution < -0.4 is 4.74 Å². The fourth-order valence-electron chi connectivity index (χ4n) is 3.10. The number of ether oxygens (including phenoxy) is 1. The Morgan fingerprint density at radius 2 is 2.09 bits per heavy atom. The van der Waals surface area contributed by atoms with Gasteiger partial charge in [0.25, 0.3) is 5.91 Å². The minimum atomic E-state index is -0.0471. The third kappa shape index (κ3) is 3.23. The van der Waals surface area contributed by atoms with Crippen molar-refractivity contribution in [2.45, 2.75) is 38.1 Å². The van der Waals surface area contributed by atoms with Gasteiger partial charge in [-0.05, 0) is 25.0 Å². The Kier molecular flexibility index (Phi) is 4.92. The van der Waals surface area contributed by atoms with E-state index in [1.54, 1.807) is 29.2 Å². The van der Waals surface area contributed by atoms with Gasteiger partial charge in [-0.25, -0.2) is 0 Å². The number of thioether (sulfide) groups is 1. The molecule has 1 amide bonds. The molecule has 1 aromatic rings. The highest BCUT2D eigenvalue weighted by atomic mass is 32.2. The first kappa shape index (κ1) is 16.3. The summed E-state index contributed by atoms with van der Waals surface area (Å²) in [5, 5.41) is 10.2. The molecule has 0 aromatic heterocycles. The molecule has 0 bridgehead atoms. The summed E-state index contributed by atoms with van der Waals surface area (Å²) in [5.41, 5.74) is 0.563. The molecule has 6 heteroatoms. The van der Waals surface area contributed by atoms with Crippen LogP contribution in [0.1, 0.15) is 37.7 Å². The SMILES string of the molecule is COc1cccc(C=C2SC(=S)N(C3CCCCC3)C2=O)c1O. The average Bonchev–Trinajstić information content (AvgIpc) is 2.84. The average molecular weight is 349 g/mol. The van der Waals surface area contributed by atoms with Crippen molar-refractivity contribution in [3.05, 3.63) is 28.7 Å². The molecule has 1 aliphatic carbocycles. The number of hydrogen-bond acceptors (Lipinski definition) is 5. The number of benzene rings is 1. The van der Waals surface area contributed by atoms with E-state index in [0.717, 1.165) is 25.7 Å². The van der Waals surface area contributed by atoms with Gasteiger partial charge in [-0.2, -0.15) is 0 Å².